The molecule has 4 nitrogen and oxygen atoms in total. The van der Waals surface area contributed by atoms with Crippen LogP contribution in [0.4, 0.5) is 0 Å². The molecular formula is C10H9N3O. The highest BCUT2D eigenvalue weighted by Gasteiger charge is 2.07. The maximum atomic E-state index is 11.4. The van der Waals surface area contributed by atoms with E-state index in [1.807, 2.05) is 6.07 Å². The molecule has 2 aromatic rings. The van der Waals surface area contributed by atoms with E-state index < -0.39 is 0 Å². The Balaban J connectivity index is 2.71. The number of Topliss-reactive ketones (excluding diaryl/α,β-unsaturated/α-hetero) is 1. The van der Waals surface area contributed by atoms with Gasteiger partial charge in [-0.1, -0.05) is 0 Å². The Bertz CT molecular complexity index is 476. The number of nitrogens with zero attached hydrogens (tertiary/aromatic N) is 2. The van der Waals surface area contributed by atoms with Crippen LogP contribution in [-0.2, 0) is 0 Å². The highest BCUT2D eigenvalue weighted by molar-refractivity contribution is 6.08. The molecule has 0 fully saturated rings. The lowest BCUT2D eigenvalue weighted by molar-refractivity contribution is 0.100. The van der Waals surface area contributed by atoms with Crippen molar-refractivity contribution < 1.29 is 4.79 Å². The van der Waals surface area contributed by atoms with E-state index in [-0.39, 0.29) is 12.3 Å². The highest BCUT2D eigenvalue weighted by atomic mass is 16.1. The first-order valence-corrected chi connectivity index (χ1v) is 4.24. The van der Waals surface area contributed by atoms with Gasteiger partial charge in [-0.2, -0.15) is 0 Å². The van der Waals surface area contributed by atoms with Crippen LogP contribution in [0.15, 0.2) is 30.9 Å². The van der Waals surface area contributed by atoms with Crippen LogP contribution >= 0.6 is 0 Å². The van der Waals surface area contributed by atoms with Gasteiger partial charge in [0, 0.05) is 41.1 Å². The average Bonchev–Trinajstić information content (AvgIpc) is 2.27. The van der Waals surface area contributed by atoms with Crippen molar-refractivity contribution in [2.24, 2.45) is 5.73 Å². The quantitative estimate of drug-likeness (QED) is 0.705. The summed E-state index contributed by atoms with van der Waals surface area (Å²) in [5.41, 5.74) is 5.84. The van der Waals surface area contributed by atoms with Crippen LogP contribution in [-0.4, -0.2) is 22.3 Å². The van der Waals surface area contributed by atoms with E-state index in [1.165, 1.54) is 6.20 Å². The van der Waals surface area contributed by atoms with Crippen molar-refractivity contribution in [1.82, 2.24) is 9.97 Å². The van der Waals surface area contributed by atoms with Gasteiger partial charge in [0.1, 0.15) is 0 Å². The van der Waals surface area contributed by atoms with Gasteiger partial charge in [0.05, 0.1) is 6.54 Å². The fourth-order valence-electron chi connectivity index (χ4n) is 1.34. The Labute approximate surface area is 80.8 Å². The molecule has 4 heteroatoms. The molecule has 0 aliphatic heterocycles. The predicted molar refractivity (Wildman–Crippen MR) is 52.9 cm³/mol. The van der Waals surface area contributed by atoms with Crippen LogP contribution in [0.1, 0.15) is 10.4 Å². The molecule has 2 rings (SSSR count). The second-order valence-corrected chi connectivity index (χ2v) is 2.91. The van der Waals surface area contributed by atoms with Crippen LogP contribution in [0.5, 0.6) is 0 Å². The van der Waals surface area contributed by atoms with E-state index in [9.17, 15) is 4.79 Å². The number of carbonyl (C=O) groups is 1. The SMILES string of the molecule is NCC(=O)c1cncc2ccncc12. The summed E-state index contributed by atoms with van der Waals surface area (Å²) in [6, 6.07) is 1.82. The van der Waals surface area contributed by atoms with E-state index in [4.69, 9.17) is 5.73 Å². The van der Waals surface area contributed by atoms with Crippen LogP contribution in [0.2, 0.25) is 0 Å². The molecular weight excluding hydrogens is 178 g/mol. The van der Waals surface area contributed by atoms with E-state index in [1.54, 1.807) is 18.6 Å². The maximum Gasteiger partial charge on any atom is 0.178 e. The van der Waals surface area contributed by atoms with E-state index in [2.05, 4.69) is 9.97 Å². The number of pyridine rings is 2. The summed E-state index contributed by atoms with van der Waals surface area (Å²) in [4.78, 5) is 19.4. The van der Waals surface area contributed by atoms with Gasteiger partial charge < -0.3 is 5.73 Å². The zero-order chi connectivity index (χ0) is 9.97. The smallest absolute Gasteiger partial charge is 0.178 e. The summed E-state index contributed by atoms with van der Waals surface area (Å²) in [5, 5.41) is 1.71. The maximum absolute atomic E-state index is 11.4. The van der Waals surface area contributed by atoms with Crippen LogP contribution in [0, 0.1) is 0 Å². The second kappa shape index (κ2) is 3.51. The fraction of sp³-hybridized carbons (Fsp3) is 0.100. The standard InChI is InChI=1S/C10H9N3O/c11-3-10(14)9-6-13-4-7-1-2-12-5-8(7)9/h1-2,4-6H,3,11H2. The summed E-state index contributed by atoms with van der Waals surface area (Å²) in [7, 11) is 0. The Kier molecular flexibility index (Phi) is 2.20. The van der Waals surface area contributed by atoms with Gasteiger partial charge in [0.15, 0.2) is 5.78 Å². The first kappa shape index (κ1) is 8.77. The van der Waals surface area contributed by atoms with Gasteiger partial charge in [0.2, 0.25) is 0 Å². The van der Waals surface area contributed by atoms with Crippen molar-refractivity contribution in [2.45, 2.75) is 0 Å². The van der Waals surface area contributed by atoms with Crippen LogP contribution in [0.25, 0.3) is 10.8 Å². The average molecular weight is 187 g/mol. The van der Waals surface area contributed by atoms with Crippen molar-refractivity contribution in [3.8, 4) is 0 Å². The molecule has 0 aliphatic carbocycles. The first-order valence-electron chi connectivity index (χ1n) is 4.24. The number of rotatable bonds is 2. The minimum atomic E-state index is -0.115. The summed E-state index contributed by atoms with van der Waals surface area (Å²) in [5.74, 6) is -0.115. The molecule has 0 saturated carbocycles. The molecule has 0 amide bonds. The summed E-state index contributed by atoms with van der Waals surface area (Å²) >= 11 is 0. The minimum Gasteiger partial charge on any atom is -0.324 e. The van der Waals surface area contributed by atoms with Crippen molar-refractivity contribution in [1.29, 1.82) is 0 Å². The molecule has 2 N–H and O–H groups in total. The van der Waals surface area contributed by atoms with Crippen molar-refractivity contribution in [3.63, 3.8) is 0 Å². The third-order valence-corrected chi connectivity index (χ3v) is 2.05. The van der Waals surface area contributed by atoms with Crippen LogP contribution in [0.3, 0.4) is 0 Å². The molecule has 0 aromatic carbocycles. The largest absolute Gasteiger partial charge is 0.324 e. The topological polar surface area (TPSA) is 68.9 Å². The Morgan fingerprint density at radius 3 is 2.93 bits per heavy atom. The number of nitrogens with two attached hydrogens (primary N) is 1. The minimum absolute atomic E-state index is 0.00428. The van der Waals surface area contributed by atoms with Gasteiger partial charge in [0.25, 0.3) is 0 Å². The summed E-state index contributed by atoms with van der Waals surface area (Å²) in [6.07, 6.45) is 6.55. The number of carbonyl (C=O) groups excluding carboxylic acids is 1. The molecule has 0 saturated heterocycles. The molecule has 0 bridgehead atoms. The van der Waals surface area contributed by atoms with Gasteiger partial charge in [-0.05, 0) is 6.07 Å². The lowest BCUT2D eigenvalue weighted by Gasteiger charge is -2.01. The molecule has 14 heavy (non-hydrogen) atoms. The summed E-state index contributed by atoms with van der Waals surface area (Å²) < 4.78 is 0. The molecule has 70 valence electrons. The van der Waals surface area contributed by atoms with Crippen molar-refractivity contribution >= 4 is 16.6 Å². The third-order valence-electron chi connectivity index (χ3n) is 2.05. The molecule has 2 heterocycles. The molecule has 0 radical (unpaired) electrons. The Morgan fingerprint density at radius 1 is 1.29 bits per heavy atom. The van der Waals surface area contributed by atoms with Gasteiger partial charge in [-0.15, -0.1) is 0 Å². The number of ketones is 1. The number of hydrogen-bond acceptors (Lipinski definition) is 4. The van der Waals surface area contributed by atoms with Crippen molar-refractivity contribution in [2.75, 3.05) is 6.54 Å². The second-order valence-electron chi connectivity index (χ2n) is 2.91. The lowest BCUT2D eigenvalue weighted by Crippen LogP contribution is -2.14. The van der Waals surface area contributed by atoms with E-state index in [0.717, 1.165) is 10.8 Å². The molecule has 2 aromatic heterocycles. The van der Waals surface area contributed by atoms with Gasteiger partial charge >= 0.3 is 0 Å². The molecule has 0 aliphatic rings. The van der Waals surface area contributed by atoms with Crippen molar-refractivity contribution in [3.05, 3.63) is 36.4 Å². The lowest BCUT2D eigenvalue weighted by atomic mass is 10.1. The predicted octanol–water partition coefficient (Wildman–Crippen LogP) is 0.771. The fourth-order valence-corrected chi connectivity index (χ4v) is 1.34. The molecule has 0 atom stereocenters. The summed E-state index contributed by atoms with van der Waals surface area (Å²) in [6.45, 7) is -0.00428. The zero-order valence-corrected chi connectivity index (χ0v) is 7.47. The molecule has 0 unspecified atom stereocenters. The third kappa shape index (κ3) is 1.36. The number of fused-ring (bicyclic) bond motifs is 1. The van der Waals surface area contributed by atoms with E-state index in [0.29, 0.717) is 5.56 Å². The Morgan fingerprint density at radius 2 is 2.14 bits per heavy atom. The van der Waals surface area contributed by atoms with Crippen LogP contribution < -0.4 is 5.73 Å². The zero-order valence-electron chi connectivity index (χ0n) is 7.47. The highest BCUT2D eigenvalue weighted by Crippen LogP contribution is 2.15. The first-order chi connectivity index (χ1) is 6.83. The number of hydrogen-bond donors (Lipinski definition) is 1. The number of aromatic nitrogens is 2. The van der Waals surface area contributed by atoms with E-state index >= 15 is 0 Å². The molecule has 0 spiro atoms. The van der Waals surface area contributed by atoms with Gasteiger partial charge in [-0.25, -0.2) is 0 Å². The van der Waals surface area contributed by atoms with Gasteiger partial charge in [-0.3, -0.25) is 14.8 Å². The Hall–Kier alpha value is -1.81. The monoisotopic (exact) mass is 187 g/mol. The normalized spacial score (nSPS) is 10.4.